The zero-order valence-electron chi connectivity index (χ0n) is 15.2. The number of hydrogen-bond acceptors (Lipinski definition) is 5. The van der Waals surface area contributed by atoms with Gasteiger partial charge in [0.05, 0.1) is 11.1 Å². The molecule has 0 fully saturated rings. The van der Waals surface area contributed by atoms with Crippen LogP contribution in [0.25, 0.3) is 0 Å². The molecule has 1 N–H and O–H groups in total. The van der Waals surface area contributed by atoms with E-state index in [1.807, 2.05) is 31.2 Å². The molecule has 0 bridgehead atoms. The summed E-state index contributed by atoms with van der Waals surface area (Å²) in [5.41, 5.74) is 0.740. The minimum atomic E-state index is -0.535. The van der Waals surface area contributed by atoms with Gasteiger partial charge in [-0.05, 0) is 37.0 Å². The molecule has 1 heterocycles. The molecule has 1 amide bonds. The van der Waals surface area contributed by atoms with Crippen LogP contribution in [0.4, 0.5) is 5.69 Å². The molecule has 0 unspecified atom stereocenters. The van der Waals surface area contributed by atoms with Gasteiger partial charge in [-0.1, -0.05) is 19.1 Å². The fourth-order valence-electron chi connectivity index (χ4n) is 2.49. The highest BCUT2D eigenvalue weighted by Gasteiger charge is 2.07. The lowest BCUT2D eigenvalue weighted by molar-refractivity contribution is -0.385. The molecular weight excluding hydrogens is 350 g/mol. The molecule has 2 aromatic rings. The Morgan fingerprint density at radius 3 is 2.81 bits per heavy atom. The van der Waals surface area contributed by atoms with Crippen molar-refractivity contribution in [3.05, 3.63) is 68.6 Å². The molecule has 0 aliphatic rings. The predicted octanol–water partition coefficient (Wildman–Crippen LogP) is 2.29. The highest BCUT2D eigenvalue weighted by Crippen LogP contribution is 2.13. The van der Waals surface area contributed by atoms with Gasteiger partial charge in [-0.2, -0.15) is 0 Å². The number of nitro groups is 1. The van der Waals surface area contributed by atoms with E-state index in [-0.39, 0.29) is 23.8 Å². The van der Waals surface area contributed by atoms with Crippen molar-refractivity contribution in [1.29, 1.82) is 0 Å². The van der Waals surface area contributed by atoms with Crippen molar-refractivity contribution in [2.45, 2.75) is 32.7 Å². The maximum absolute atomic E-state index is 11.8. The molecule has 1 aromatic heterocycles. The van der Waals surface area contributed by atoms with Gasteiger partial charge in [-0.3, -0.25) is 19.7 Å². The number of ether oxygens (including phenoxy) is 1. The molecule has 0 spiro atoms. The standard InChI is InChI=1S/C19H23N3O5/c1-2-15-6-5-7-17(12-15)27-14-18(23)20-10-3-4-11-21-13-16(22(25)26)8-9-19(21)24/h5-9,12-13H,2-4,10-11,14H2,1H3,(H,20,23). The smallest absolute Gasteiger partial charge is 0.285 e. The number of aromatic nitrogens is 1. The van der Waals surface area contributed by atoms with Crippen LogP contribution in [0.1, 0.15) is 25.3 Å². The summed E-state index contributed by atoms with van der Waals surface area (Å²) in [6.07, 6.45) is 3.39. The largest absolute Gasteiger partial charge is 0.484 e. The molecule has 144 valence electrons. The summed E-state index contributed by atoms with van der Waals surface area (Å²) < 4.78 is 6.78. The number of carbonyl (C=O) groups excluding carboxylic acids is 1. The topological polar surface area (TPSA) is 103 Å². The Balaban J connectivity index is 1.68. The maximum Gasteiger partial charge on any atom is 0.285 e. The second-order valence-electron chi connectivity index (χ2n) is 6.02. The van der Waals surface area contributed by atoms with Crippen molar-refractivity contribution in [3.63, 3.8) is 0 Å². The summed E-state index contributed by atoms with van der Waals surface area (Å²) in [5.74, 6) is 0.443. The van der Waals surface area contributed by atoms with E-state index in [4.69, 9.17) is 4.74 Å². The molecule has 0 radical (unpaired) electrons. The molecule has 27 heavy (non-hydrogen) atoms. The predicted molar refractivity (Wildman–Crippen MR) is 101 cm³/mol. The van der Waals surface area contributed by atoms with Gasteiger partial charge in [0.25, 0.3) is 17.2 Å². The van der Waals surface area contributed by atoms with E-state index in [0.717, 1.165) is 12.0 Å². The lowest BCUT2D eigenvalue weighted by Crippen LogP contribution is -2.30. The molecule has 8 nitrogen and oxygen atoms in total. The first-order chi connectivity index (χ1) is 13.0. The molecule has 0 saturated heterocycles. The zero-order chi connectivity index (χ0) is 19.6. The van der Waals surface area contributed by atoms with E-state index >= 15 is 0 Å². The summed E-state index contributed by atoms with van der Waals surface area (Å²) in [7, 11) is 0. The molecule has 2 rings (SSSR count). The Kier molecular flexibility index (Phi) is 7.54. The van der Waals surface area contributed by atoms with Crippen LogP contribution < -0.4 is 15.6 Å². The summed E-state index contributed by atoms with van der Waals surface area (Å²) in [4.78, 5) is 33.7. The average Bonchev–Trinajstić information content (AvgIpc) is 2.67. The van der Waals surface area contributed by atoms with Crippen LogP contribution in [-0.4, -0.2) is 28.5 Å². The van der Waals surface area contributed by atoms with Crippen molar-refractivity contribution in [3.8, 4) is 5.75 Å². The molecule has 0 atom stereocenters. The average molecular weight is 373 g/mol. The Morgan fingerprint density at radius 2 is 2.07 bits per heavy atom. The third-order valence-corrected chi connectivity index (χ3v) is 4.00. The van der Waals surface area contributed by atoms with Gasteiger partial charge < -0.3 is 14.6 Å². The highest BCUT2D eigenvalue weighted by molar-refractivity contribution is 5.77. The van der Waals surface area contributed by atoms with Crippen molar-refractivity contribution in [2.24, 2.45) is 0 Å². The van der Waals surface area contributed by atoms with Crippen LogP contribution in [0.15, 0.2) is 47.4 Å². The Bertz CT molecular complexity index is 847. The van der Waals surface area contributed by atoms with Crippen molar-refractivity contribution in [1.82, 2.24) is 9.88 Å². The van der Waals surface area contributed by atoms with Gasteiger partial charge in [0, 0.05) is 25.2 Å². The van der Waals surface area contributed by atoms with Crippen LogP contribution in [-0.2, 0) is 17.8 Å². The van der Waals surface area contributed by atoms with Crippen molar-refractivity contribution >= 4 is 11.6 Å². The Labute approximate surface area is 156 Å². The minimum absolute atomic E-state index is 0.0580. The second-order valence-corrected chi connectivity index (χ2v) is 6.02. The van der Waals surface area contributed by atoms with Gasteiger partial charge in [-0.15, -0.1) is 0 Å². The number of benzene rings is 1. The van der Waals surface area contributed by atoms with Gasteiger partial charge >= 0.3 is 0 Å². The SMILES string of the molecule is CCc1cccc(OCC(=O)NCCCCn2cc([N+](=O)[O-])ccc2=O)c1. The Hall–Kier alpha value is -3.16. The summed E-state index contributed by atoms with van der Waals surface area (Å²) in [6.45, 7) is 2.79. The van der Waals surface area contributed by atoms with Gasteiger partial charge in [0.1, 0.15) is 5.75 Å². The van der Waals surface area contributed by atoms with E-state index in [1.54, 1.807) is 0 Å². The van der Waals surface area contributed by atoms with E-state index < -0.39 is 4.92 Å². The van der Waals surface area contributed by atoms with E-state index in [9.17, 15) is 19.7 Å². The van der Waals surface area contributed by atoms with Crippen LogP contribution in [0.2, 0.25) is 0 Å². The molecule has 0 aliphatic heterocycles. The van der Waals surface area contributed by atoms with Crippen molar-refractivity contribution < 1.29 is 14.5 Å². The van der Waals surface area contributed by atoms with Crippen LogP contribution in [0.5, 0.6) is 5.75 Å². The van der Waals surface area contributed by atoms with E-state index in [1.165, 1.54) is 22.9 Å². The highest BCUT2D eigenvalue weighted by atomic mass is 16.6. The number of carbonyl (C=O) groups is 1. The number of unbranched alkanes of at least 4 members (excludes halogenated alkanes) is 1. The number of pyridine rings is 1. The number of nitrogens with zero attached hydrogens (tertiary/aromatic N) is 2. The normalized spacial score (nSPS) is 10.4. The summed E-state index contributed by atoms with van der Waals surface area (Å²) >= 11 is 0. The lowest BCUT2D eigenvalue weighted by Gasteiger charge is -2.09. The van der Waals surface area contributed by atoms with Gasteiger partial charge in [0.2, 0.25) is 0 Å². The number of amides is 1. The molecular formula is C19H23N3O5. The third kappa shape index (κ3) is 6.58. The number of hydrogen-bond donors (Lipinski definition) is 1. The Morgan fingerprint density at radius 1 is 1.26 bits per heavy atom. The molecule has 8 heteroatoms. The summed E-state index contributed by atoms with van der Waals surface area (Å²) in [5, 5.41) is 13.5. The minimum Gasteiger partial charge on any atom is -0.484 e. The zero-order valence-corrected chi connectivity index (χ0v) is 15.2. The van der Waals surface area contributed by atoms with Gasteiger partial charge in [0.15, 0.2) is 6.61 Å². The van der Waals surface area contributed by atoms with E-state index in [0.29, 0.717) is 31.7 Å². The fraction of sp³-hybridized carbons (Fsp3) is 0.368. The first kappa shape index (κ1) is 20.2. The third-order valence-electron chi connectivity index (χ3n) is 4.00. The van der Waals surface area contributed by atoms with Crippen LogP contribution >= 0.6 is 0 Å². The second kappa shape index (κ2) is 10.1. The first-order valence-electron chi connectivity index (χ1n) is 8.83. The summed E-state index contributed by atoms with van der Waals surface area (Å²) in [6, 6.07) is 9.98. The maximum atomic E-state index is 11.8. The molecule has 1 aromatic carbocycles. The monoisotopic (exact) mass is 373 g/mol. The van der Waals surface area contributed by atoms with Crippen molar-refractivity contribution in [2.75, 3.05) is 13.2 Å². The molecule has 0 aliphatic carbocycles. The fourth-order valence-corrected chi connectivity index (χ4v) is 2.49. The van der Waals surface area contributed by atoms with Gasteiger partial charge in [-0.25, -0.2) is 0 Å². The molecule has 0 saturated carbocycles. The number of aryl methyl sites for hydroxylation is 2. The van der Waals surface area contributed by atoms with E-state index in [2.05, 4.69) is 5.32 Å². The van der Waals surface area contributed by atoms with Crippen LogP contribution in [0.3, 0.4) is 0 Å². The first-order valence-corrected chi connectivity index (χ1v) is 8.83. The van der Waals surface area contributed by atoms with Crippen LogP contribution in [0, 0.1) is 10.1 Å². The number of nitrogens with one attached hydrogen (secondary N) is 1. The quantitative estimate of drug-likeness (QED) is 0.391. The number of rotatable bonds is 10. The lowest BCUT2D eigenvalue weighted by atomic mass is 10.2.